The Hall–Kier alpha value is -1.72. The first-order chi connectivity index (χ1) is 10.8. The van der Waals surface area contributed by atoms with Crippen LogP contribution in [0.4, 0.5) is 11.4 Å². The highest BCUT2D eigenvalue weighted by Gasteiger charge is 2.10. The number of carbonyl (C=O) groups is 1. The van der Waals surface area contributed by atoms with Crippen molar-refractivity contribution in [2.45, 2.75) is 33.3 Å². The minimum atomic E-state index is -0.115. The highest BCUT2D eigenvalue weighted by Crippen LogP contribution is 2.27. The van der Waals surface area contributed by atoms with Crippen LogP contribution in [0, 0.1) is 6.92 Å². The van der Waals surface area contributed by atoms with Crippen LogP contribution in [0.2, 0.25) is 0 Å². The zero-order valence-electron chi connectivity index (χ0n) is 13.9. The number of benzene rings is 2. The number of ether oxygens (including phenoxy) is 1. The molecule has 0 aromatic heterocycles. The maximum absolute atomic E-state index is 12.3. The molecule has 2 aromatic rings. The lowest BCUT2D eigenvalue weighted by molar-refractivity contribution is -0.115. The SMILES string of the molecule is Cc1cc(Br)cc(NC(=O)Cc2cccc(OC(C)C)c2)c1N.Cl. The number of nitrogens with two attached hydrogens (primary N) is 1. The zero-order chi connectivity index (χ0) is 17.0. The van der Waals surface area contributed by atoms with Crippen molar-refractivity contribution in [2.75, 3.05) is 11.1 Å². The summed E-state index contributed by atoms with van der Waals surface area (Å²) in [7, 11) is 0. The van der Waals surface area contributed by atoms with Gasteiger partial charge in [-0.25, -0.2) is 0 Å². The van der Waals surface area contributed by atoms with Gasteiger partial charge in [0.05, 0.1) is 23.9 Å². The van der Waals surface area contributed by atoms with Crippen LogP contribution in [0.15, 0.2) is 40.9 Å². The second-order valence-electron chi connectivity index (χ2n) is 5.72. The van der Waals surface area contributed by atoms with Crippen LogP contribution in [-0.4, -0.2) is 12.0 Å². The molecule has 0 saturated carbocycles. The van der Waals surface area contributed by atoms with E-state index >= 15 is 0 Å². The number of nitrogens with one attached hydrogen (secondary N) is 1. The predicted octanol–water partition coefficient (Wildman–Crippen LogP) is 4.73. The molecule has 0 spiro atoms. The Morgan fingerprint density at radius 1 is 1.29 bits per heavy atom. The molecule has 6 heteroatoms. The fraction of sp³-hybridized carbons (Fsp3) is 0.278. The van der Waals surface area contributed by atoms with Crippen LogP contribution >= 0.6 is 28.3 Å². The van der Waals surface area contributed by atoms with Gasteiger partial charge in [0, 0.05) is 4.47 Å². The summed E-state index contributed by atoms with van der Waals surface area (Å²) >= 11 is 3.41. The maximum atomic E-state index is 12.3. The zero-order valence-corrected chi connectivity index (χ0v) is 16.3. The van der Waals surface area contributed by atoms with Gasteiger partial charge in [-0.1, -0.05) is 28.1 Å². The van der Waals surface area contributed by atoms with Crippen molar-refractivity contribution in [1.29, 1.82) is 0 Å². The van der Waals surface area contributed by atoms with Crippen LogP contribution in [-0.2, 0) is 11.2 Å². The number of rotatable bonds is 5. The molecule has 0 fully saturated rings. The third kappa shape index (κ3) is 5.73. The normalized spacial score (nSPS) is 10.2. The number of aryl methyl sites for hydroxylation is 1. The van der Waals surface area contributed by atoms with E-state index in [-0.39, 0.29) is 30.8 Å². The Morgan fingerprint density at radius 3 is 2.67 bits per heavy atom. The molecule has 0 saturated heterocycles. The van der Waals surface area contributed by atoms with Gasteiger partial charge in [-0.3, -0.25) is 4.79 Å². The van der Waals surface area contributed by atoms with Gasteiger partial charge in [0.2, 0.25) is 5.91 Å². The monoisotopic (exact) mass is 412 g/mol. The molecule has 24 heavy (non-hydrogen) atoms. The van der Waals surface area contributed by atoms with Gasteiger partial charge in [-0.05, 0) is 56.2 Å². The van der Waals surface area contributed by atoms with Crippen molar-refractivity contribution in [2.24, 2.45) is 0 Å². The minimum Gasteiger partial charge on any atom is -0.491 e. The van der Waals surface area contributed by atoms with Crippen LogP contribution in [0.25, 0.3) is 0 Å². The number of hydrogen-bond acceptors (Lipinski definition) is 3. The quantitative estimate of drug-likeness (QED) is 0.696. The lowest BCUT2D eigenvalue weighted by atomic mass is 10.1. The lowest BCUT2D eigenvalue weighted by Crippen LogP contribution is -2.16. The molecule has 3 N–H and O–H groups in total. The molecule has 130 valence electrons. The smallest absolute Gasteiger partial charge is 0.228 e. The van der Waals surface area contributed by atoms with Crippen LogP contribution in [0.1, 0.15) is 25.0 Å². The molecule has 0 bridgehead atoms. The average molecular weight is 414 g/mol. The lowest BCUT2D eigenvalue weighted by Gasteiger charge is -2.12. The minimum absolute atomic E-state index is 0. The number of nitrogen functional groups attached to an aromatic ring is 1. The van der Waals surface area contributed by atoms with Gasteiger partial charge in [-0.15, -0.1) is 12.4 Å². The number of halogens is 2. The summed E-state index contributed by atoms with van der Waals surface area (Å²) in [5, 5.41) is 2.87. The van der Waals surface area contributed by atoms with Crippen molar-refractivity contribution in [3.8, 4) is 5.75 Å². The molecule has 2 aromatic carbocycles. The number of amides is 1. The average Bonchev–Trinajstić information content (AvgIpc) is 2.43. The second-order valence-corrected chi connectivity index (χ2v) is 6.64. The van der Waals surface area contributed by atoms with E-state index in [2.05, 4.69) is 21.2 Å². The molecular formula is C18H22BrClN2O2. The fourth-order valence-corrected chi connectivity index (χ4v) is 2.81. The maximum Gasteiger partial charge on any atom is 0.228 e. The van der Waals surface area contributed by atoms with Crippen LogP contribution < -0.4 is 15.8 Å². The molecule has 0 radical (unpaired) electrons. The highest BCUT2D eigenvalue weighted by molar-refractivity contribution is 9.10. The first-order valence-electron chi connectivity index (χ1n) is 7.46. The molecule has 4 nitrogen and oxygen atoms in total. The molecular weight excluding hydrogens is 392 g/mol. The summed E-state index contributed by atoms with van der Waals surface area (Å²) in [6.07, 6.45) is 0.365. The van der Waals surface area contributed by atoms with Crippen molar-refractivity contribution in [3.05, 3.63) is 52.0 Å². The van der Waals surface area contributed by atoms with Gasteiger partial charge in [0.1, 0.15) is 5.75 Å². The number of hydrogen-bond donors (Lipinski definition) is 2. The Kier molecular flexibility index (Phi) is 7.58. The third-order valence-corrected chi connectivity index (χ3v) is 3.72. The second kappa shape index (κ2) is 8.94. The predicted molar refractivity (Wildman–Crippen MR) is 105 cm³/mol. The van der Waals surface area contributed by atoms with Crippen LogP contribution in [0.5, 0.6) is 5.75 Å². The van der Waals surface area contributed by atoms with E-state index in [4.69, 9.17) is 10.5 Å². The van der Waals surface area contributed by atoms with E-state index in [9.17, 15) is 4.79 Å². The summed E-state index contributed by atoms with van der Waals surface area (Å²) < 4.78 is 6.53. The van der Waals surface area contributed by atoms with Gasteiger partial charge in [-0.2, -0.15) is 0 Å². The van der Waals surface area contributed by atoms with Gasteiger partial charge >= 0.3 is 0 Å². The van der Waals surface area contributed by atoms with Gasteiger partial charge in [0.25, 0.3) is 0 Å². The van der Waals surface area contributed by atoms with E-state index in [1.807, 2.05) is 51.1 Å². The van der Waals surface area contributed by atoms with E-state index in [0.717, 1.165) is 21.3 Å². The Balaban J connectivity index is 0.00000288. The molecule has 0 aliphatic heterocycles. The summed E-state index contributed by atoms with van der Waals surface area (Å²) in [5.74, 6) is 0.652. The molecule has 0 unspecified atom stereocenters. The van der Waals surface area contributed by atoms with Gasteiger partial charge < -0.3 is 15.8 Å². The van der Waals surface area contributed by atoms with Crippen molar-refractivity contribution in [1.82, 2.24) is 0 Å². The van der Waals surface area contributed by atoms with E-state index in [1.54, 1.807) is 6.07 Å². The summed E-state index contributed by atoms with van der Waals surface area (Å²) in [4.78, 5) is 12.3. The van der Waals surface area contributed by atoms with E-state index in [1.165, 1.54) is 0 Å². The Labute approximate surface area is 157 Å². The summed E-state index contributed by atoms with van der Waals surface area (Å²) in [5.41, 5.74) is 9.03. The molecule has 0 aliphatic carbocycles. The number of anilines is 2. The van der Waals surface area contributed by atoms with Crippen molar-refractivity contribution >= 4 is 45.6 Å². The highest BCUT2D eigenvalue weighted by atomic mass is 79.9. The standard InChI is InChI=1S/C18H21BrN2O2.ClH/c1-11(2)23-15-6-4-5-13(8-15)9-17(22)21-16-10-14(19)7-12(3)18(16)20;/h4-8,10-11H,9,20H2,1-3H3,(H,21,22);1H. The number of carbonyl (C=O) groups excluding carboxylic acids is 1. The third-order valence-electron chi connectivity index (χ3n) is 3.26. The van der Waals surface area contributed by atoms with Crippen LogP contribution in [0.3, 0.4) is 0 Å². The van der Waals surface area contributed by atoms with E-state index in [0.29, 0.717) is 11.4 Å². The molecule has 0 atom stereocenters. The molecule has 0 heterocycles. The first kappa shape index (κ1) is 20.3. The summed E-state index contributed by atoms with van der Waals surface area (Å²) in [6.45, 7) is 5.85. The van der Waals surface area contributed by atoms with Crippen molar-refractivity contribution in [3.63, 3.8) is 0 Å². The largest absolute Gasteiger partial charge is 0.491 e. The molecule has 2 rings (SSSR count). The molecule has 0 aliphatic rings. The fourth-order valence-electron chi connectivity index (χ4n) is 2.24. The first-order valence-corrected chi connectivity index (χ1v) is 8.25. The van der Waals surface area contributed by atoms with E-state index < -0.39 is 0 Å². The van der Waals surface area contributed by atoms with Crippen molar-refractivity contribution < 1.29 is 9.53 Å². The molecule has 1 amide bonds. The summed E-state index contributed by atoms with van der Waals surface area (Å²) in [6, 6.07) is 11.3. The van der Waals surface area contributed by atoms with Gasteiger partial charge in [0.15, 0.2) is 0 Å². The Morgan fingerprint density at radius 2 is 2.00 bits per heavy atom. The topological polar surface area (TPSA) is 64.3 Å². The Bertz CT molecular complexity index is 720.